The molecule has 7 heteroatoms. The van der Waals surface area contributed by atoms with Gasteiger partial charge in [-0.25, -0.2) is 4.79 Å². The van der Waals surface area contributed by atoms with Crippen LogP contribution in [-0.2, 0) is 23.8 Å². The number of ether oxygens (including phenoxy) is 1. The van der Waals surface area contributed by atoms with Crippen LogP contribution in [-0.4, -0.2) is 30.7 Å². The summed E-state index contributed by atoms with van der Waals surface area (Å²) < 4.78 is 42.7. The highest BCUT2D eigenvalue weighted by atomic mass is 32.1. The van der Waals surface area contributed by atoms with Gasteiger partial charge in [0.15, 0.2) is 0 Å². The maximum absolute atomic E-state index is 12.6. The quantitative estimate of drug-likeness (QED) is 0.795. The monoisotopic (exact) mass is 293 g/mol. The van der Waals surface area contributed by atoms with E-state index in [1.54, 1.807) is 11.8 Å². The molecule has 0 saturated carbocycles. The number of halogens is 3. The molecule has 19 heavy (non-hydrogen) atoms. The number of nitrogens with zero attached hydrogens (tertiary/aromatic N) is 1. The zero-order chi connectivity index (χ0) is 14.0. The topological polar surface area (TPSA) is 29.5 Å². The van der Waals surface area contributed by atoms with Gasteiger partial charge in [-0.1, -0.05) is 0 Å². The summed E-state index contributed by atoms with van der Waals surface area (Å²) in [7, 11) is 0. The molecule has 0 fully saturated rings. The van der Waals surface area contributed by atoms with Crippen LogP contribution in [0.4, 0.5) is 18.0 Å². The van der Waals surface area contributed by atoms with Gasteiger partial charge in [-0.05, 0) is 31.4 Å². The minimum absolute atomic E-state index is 0.301. The summed E-state index contributed by atoms with van der Waals surface area (Å²) in [6, 6.07) is 1.20. The lowest BCUT2D eigenvalue weighted by molar-refractivity contribution is -0.134. The van der Waals surface area contributed by atoms with Crippen LogP contribution in [0.5, 0.6) is 0 Å². The first-order chi connectivity index (χ1) is 8.91. The average molecular weight is 293 g/mol. The second-order valence-electron chi connectivity index (χ2n) is 4.24. The molecule has 1 aliphatic heterocycles. The van der Waals surface area contributed by atoms with Gasteiger partial charge in [-0.3, -0.25) is 0 Å². The molecule has 0 aliphatic carbocycles. The molecule has 2 heterocycles. The van der Waals surface area contributed by atoms with Crippen LogP contribution in [0.25, 0.3) is 0 Å². The van der Waals surface area contributed by atoms with E-state index >= 15 is 0 Å². The van der Waals surface area contributed by atoms with Crippen molar-refractivity contribution in [3.8, 4) is 0 Å². The van der Waals surface area contributed by atoms with Crippen LogP contribution >= 0.6 is 11.3 Å². The number of hydrogen-bond donors (Lipinski definition) is 0. The van der Waals surface area contributed by atoms with Crippen molar-refractivity contribution < 1.29 is 22.7 Å². The fourth-order valence-electron chi connectivity index (χ4n) is 2.03. The molecule has 0 saturated heterocycles. The van der Waals surface area contributed by atoms with Crippen LogP contribution in [0, 0.1) is 0 Å². The number of amides is 1. The minimum atomic E-state index is -4.28. The second-order valence-corrected chi connectivity index (χ2v) is 5.38. The Hall–Kier alpha value is -1.24. The normalized spacial score (nSPS) is 15.9. The smallest absolute Gasteiger partial charge is 0.425 e. The van der Waals surface area contributed by atoms with E-state index < -0.39 is 17.1 Å². The van der Waals surface area contributed by atoms with Crippen molar-refractivity contribution in [2.75, 3.05) is 19.7 Å². The molecule has 3 nitrogen and oxygen atoms in total. The largest absolute Gasteiger partial charge is 0.450 e. The Morgan fingerprint density at radius 1 is 1.42 bits per heavy atom. The summed E-state index contributed by atoms with van der Waals surface area (Å²) in [6.07, 6.45) is -3.78. The highest BCUT2D eigenvalue weighted by Gasteiger charge is 2.34. The van der Waals surface area contributed by atoms with Crippen molar-refractivity contribution >= 4 is 17.4 Å². The van der Waals surface area contributed by atoms with E-state index in [9.17, 15) is 18.0 Å². The maximum Gasteiger partial charge on any atom is 0.425 e. The third-order valence-electron chi connectivity index (χ3n) is 2.96. The van der Waals surface area contributed by atoms with Crippen molar-refractivity contribution in [3.05, 3.63) is 21.4 Å². The van der Waals surface area contributed by atoms with Gasteiger partial charge in [0, 0.05) is 18.0 Å². The van der Waals surface area contributed by atoms with Gasteiger partial charge >= 0.3 is 12.3 Å². The van der Waals surface area contributed by atoms with E-state index in [-0.39, 0.29) is 0 Å². The molecule has 0 spiro atoms. The predicted octanol–water partition coefficient (Wildman–Crippen LogP) is 3.32. The van der Waals surface area contributed by atoms with E-state index in [4.69, 9.17) is 4.74 Å². The van der Waals surface area contributed by atoms with E-state index in [1.807, 2.05) is 0 Å². The van der Waals surface area contributed by atoms with Crippen molar-refractivity contribution in [1.29, 1.82) is 0 Å². The predicted molar refractivity (Wildman–Crippen MR) is 65.3 cm³/mol. The minimum Gasteiger partial charge on any atom is -0.450 e. The van der Waals surface area contributed by atoms with Crippen LogP contribution in [0.3, 0.4) is 0 Å². The summed E-state index contributed by atoms with van der Waals surface area (Å²) >= 11 is 0.779. The molecule has 1 aromatic heterocycles. The lowest BCUT2D eigenvalue weighted by Crippen LogP contribution is -2.33. The second kappa shape index (κ2) is 5.40. The molecule has 106 valence electrons. The lowest BCUT2D eigenvalue weighted by atomic mass is 10.1. The van der Waals surface area contributed by atoms with Crippen LogP contribution in [0.15, 0.2) is 6.07 Å². The Labute approximate surface area is 113 Å². The van der Waals surface area contributed by atoms with Crippen LogP contribution in [0.1, 0.15) is 22.2 Å². The highest BCUT2D eigenvalue weighted by molar-refractivity contribution is 7.12. The molecule has 0 atom stereocenters. The Morgan fingerprint density at radius 2 is 2.11 bits per heavy atom. The Morgan fingerprint density at radius 3 is 2.74 bits per heavy atom. The number of carbonyl (C=O) groups excluding carboxylic acids is 1. The standard InChI is InChI=1S/C12H14F3NO2S/c1-2-18-11(17)16-5-3-8-7-10(12(13,14)15)19-9(8)4-6-16/h7H,2-6H2,1H3. The average Bonchev–Trinajstić information content (AvgIpc) is 2.63. The zero-order valence-corrected chi connectivity index (χ0v) is 11.2. The first kappa shape index (κ1) is 14.2. The van der Waals surface area contributed by atoms with E-state index in [0.717, 1.165) is 16.2 Å². The van der Waals surface area contributed by atoms with E-state index in [2.05, 4.69) is 0 Å². The summed E-state index contributed by atoms with van der Waals surface area (Å²) in [5.41, 5.74) is 0.698. The molecular formula is C12H14F3NO2S. The molecule has 0 aromatic carbocycles. The van der Waals surface area contributed by atoms with Crippen molar-refractivity contribution in [3.63, 3.8) is 0 Å². The van der Waals surface area contributed by atoms with E-state index in [1.165, 1.54) is 6.07 Å². The van der Waals surface area contributed by atoms with Gasteiger partial charge in [0.2, 0.25) is 0 Å². The van der Waals surface area contributed by atoms with Gasteiger partial charge in [0.05, 0.1) is 6.61 Å². The molecule has 0 unspecified atom stereocenters. The first-order valence-electron chi connectivity index (χ1n) is 6.02. The summed E-state index contributed by atoms with van der Waals surface area (Å²) in [5, 5.41) is 0. The van der Waals surface area contributed by atoms with Gasteiger partial charge in [-0.2, -0.15) is 13.2 Å². The SMILES string of the molecule is CCOC(=O)N1CCc2cc(C(F)(F)F)sc2CC1. The molecule has 1 amide bonds. The molecule has 2 rings (SSSR count). The highest BCUT2D eigenvalue weighted by Crippen LogP contribution is 2.37. The Balaban J connectivity index is 2.08. The number of rotatable bonds is 1. The molecule has 1 aliphatic rings. The fraction of sp³-hybridized carbons (Fsp3) is 0.583. The lowest BCUT2D eigenvalue weighted by Gasteiger charge is -2.19. The third kappa shape index (κ3) is 3.20. The maximum atomic E-state index is 12.6. The molecule has 1 aromatic rings. The Bertz CT molecular complexity index is 445. The third-order valence-corrected chi connectivity index (χ3v) is 4.24. The number of fused-ring (bicyclic) bond motifs is 1. The van der Waals surface area contributed by atoms with Gasteiger partial charge in [-0.15, -0.1) is 11.3 Å². The Kier molecular flexibility index (Phi) is 4.03. The van der Waals surface area contributed by atoms with Gasteiger partial charge in [0.25, 0.3) is 0 Å². The van der Waals surface area contributed by atoms with Gasteiger partial charge in [0.1, 0.15) is 4.88 Å². The van der Waals surface area contributed by atoms with Crippen molar-refractivity contribution in [2.24, 2.45) is 0 Å². The van der Waals surface area contributed by atoms with E-state index in [0.29, 0.717) is 38.1 Å². The number of hydrogen-bond acceptors (Lipinski definition) is 3. The van der Waals surface area contributed by atoms with Gasteiger partial charge < -0.3 is 9.64 Å². The fourth-order valence-corrected chi connectivity index (χ4v) is 3.10. The summed E-state index contributed by atoms with van der Waals surface area (Å²) in [5.74, 6) is 0. The molecule has 0 N–H and O–H groups in total. The first-order valence-corrected chi connectivity index (χ1v) is 6.84. The number of carbonyl (C=O) groups is 1. The number of thiophene rings is 1. The molecular weight excluding hydrogens is 279 g/mol. The van der Waals surface area contributed by atoms with Crippen LogP contribution in [0.2, 0.25) is 0 Å². The van der Waals surface area contributed by atoms with Crippen molar-refractivity contribution in [1.82, 2.24) is 4.90 Å². The summed E-state index contributed by atoms with van der Waals surface area (Å²) in [6.45, 7) is 2.83. The molecule has 0 radical (unpaired) electrons. The summed E-state index contributed by atoms with van der Waals surface area (Å²) in [4.78, 5) is 13.3. The zero-order valence-electron chi connectivity index (χ0n) is 10.4. The molecule has 0 bridgehead atoms. The van der Waals surface area contributed by atoms with Crippen LogP contribution < -0.4 is 0 Å². The van der Waals surface area contributed by atoms with Crippen molar-refractivity contribution in [2.45, 2.75) is 25.9 Å². The number of alkyl halides is 3.